The minimum absolute atomic E-state index is 0.0368. The number of halogens is 1. The Hall–Kier alpha value is -3.79. The molecule has 2 rings (SSSR count). The molecule has 0 aliphatic rings. The van der Waals surface area contributed by atoms with E-state index in [1.54, 1.807) is 12.1 Å². The Kier molecular flexibility index (Phi) is 7.59. The quantitative estimate of drug-likeness (QED) is 0.264. The third-order valence-electron chi connectivity index (χ3n) is 3.70. The average molecular weight is 434 g/mol. The summed E-state index contributed by atoms with van der Waals surface area (Å²) >= 11 is 6.00. The molecule has 0 heterocycles. The van der Waals surface area contributed by atoms with Gasteiger partial charge in [0.05, 0.1) is 0 Å². The van der Waals surface area contributed by atoms with Crippen LogP contribution >= 0.6 is 11.6 Å². The zero-order valence-corrected chi connectivity index (χ0v) is 16.5. The number of amides is 3. The van der Waals surface area contributed by atoms with Crippen LogP contribution in [0.3, 0.4) is 0 Å². The van der Waals surface area contributed by atoms with Gasteiger partial charge in [0.1, 0.15) is 17.3 Å². The Morgan fingerprint density at radius 2 is 1.60 bits per heavy atom. The topological polar surface area (TPSA) is 184 Å². The lowest BCUT2D eigenvalue weighted by Crippen LogP contribution is -2.25. The number of nitrogens with one attached hydrogen (secondary N) is 2. The van der Waals surface area contributed by atoms with Gasteiger partial charge in [-0.2, -0.15) is 0 Å². The van der Waals surface area contributed by atoms with Crippen molar-refractivity contribution in [2.45, 2.75) is 6.54 Å². The molecule has 0 bridgehead atoms. The van der Waals surface area contributed by atoms with Crippen molar-refractivity contribution in [3.8, 4) is 11.5 Å². The van der Waals surface area contributed by atoms with Crippen LogP contribution < -0.4 is 32.0 Å². The maximum Gasteiger partial charge on any atom is 0.255 e. The number of ether oxygens (including phenoxy) is 2. The van der Waals surface area contributed by atoms with Crippen molar-refractivity contribution in [2.24, 2.45) is 17.2 Å². The predicted octanol–water partition coefficient (Wildman–Crippen LogP) is 0.282. The van der Waals surface area contributed by atoms with Gasteiger partial charge in [0, 0.05) is 28.3 Å². The normalized spacial score (nSPS) is 10.2. The van der Waals surface area contributed by atoms with Gasteiger partial charge in [-0.3, -0.25) is 19.8 Å². The first-order valence-electron chi connectivity index (χ1n) is 8.54. The molecular formula is C19H20ClN5O5. The van der Waals surface area contributed by atoms with Gasteiger partial charge in [0.25, 0.3) is 17.7 Å². The number of nitrogens with two attached hydrogens (primary N) is 3. The third-order valence-corrected chi connectivity index (χ3v) is 3.92. The van der Waals surface area contributed by atoms with Crippen molar-refractivity contribution in [1.29, 1.82) is 5.41 Å². The van der Waals surface area contributed by atoms with Crippen LogP contribution in [-0.2, 0) is 16.1 Å². The Balaban J connectivity index is 2.16. The average Bonchev–Trinajstić information content (AvgIpc) is 2.68. The maximum absolute atomic E-state index is 12.5. The van der Waals surface area contributed by atoms with Crippen molar-refractivity contribution in [3.05, 3.63) is 58.1 Å². The van der Waals surface area contributed by atoms with E-state index in [9.17, 15) is 14.4 Å². The summed E-state index contributed by atoms with van der Waals surface area (Å²) < 4.78 is 10.5. The lowest BCUT2D eigenvalue weighted by atomic mass is 10.1. The molecule has 0 atom stereocenters. The molecule has 2 aromatic rings. The Morgan fingerprint density at radius 1 is 0.933 bits per heavy atom. The summed E-state index contributed by atoms with van der Waals surface area (Å²) in [6, 6.07) is 8.94. The van der Waals surface area contributed by atoms with Crippen LogP contribution in [0, 0.1) is 5.41 Å². The third kappa shape index (κ3) is 6.67. The number of hydrogen-bond donors (Lipinski definition) is 5. The van der Waals surface area contributed by atoms with E-state index in [1.807, 2.05) is 0 Å². The Bertz CT molecular complexity index is 995. The fraction of sp³-hybridized carbons (Fsp3) is 0.158. The van der Waals surface area contributed by atoms with E-state index in [1.165, 1.54) is 24.3 Å². The van der Waals surface area contributed by atoms with E-state index in [4.69, 9.17) is 43.7 Å². The zero-order chi connectivity index (χ0) is 22.3. The summed E-state index contributed by atoms with van der Waals surface area (Å²) in [6.07, 6.45) is 0. The number of primary amides is 2. The Morgan fingerprint density at radius 3 is 2.23 bits per heavy atom. The summed E-state index contributed by atoms with van der Waals surface area (Å²) in [4.78, 5) is 34.4. The first-order valence-corrected chi connectivity index (χ1v) is 8.92. The van der Waals surface area contributed by atoms with Gasteiger partial charge in [-0.15, -0.1) is 0 Å². The van der Waals surface area contributed by atoms with Crippen LogP contribution in [0.1, 0.15) is 21.5 Å². The van der Waals surface area contributed by atoms with Gasteiger partial charge in [-0.05, 0) is 24.3 Å². The van der Waals surface area contributed by atoms with E-state index in [2.05, 4.69) is 5.32 Å². The Labute approximate surface area is 176 Å². The summed E-state index contributed by atoms with van der Waals surface area (Å²) in [5, 5.41) is 10.4. The molecule has 11 heteroatoms. The highest BCUT2D eigenvalue weighted by atomic mass is 35.5. The number of amidine groups is 1. The van der Waals surface area contributed by atoms with Crippen LogP contribution in [0.25, 0.3) is 0 Å². The van der Waals surface area contributed by atoms with Crippen LogP contribution in [-0.4, -0.2) is 36.8 Å². The number of carbonyl (C=O) groups excluding carboxylic acids is 3. The van der Waals surface area contributed by atoms with Crippen molar-refractivity contribution >= 4 is 35.2 Å². The minimum atomic E-state index is -0.680. The summed E-state index contributed by atoms with van der Waals surface area (Å²) in [5.41, 5.74) is 16.7. The van der Waals surface area contributed by atoms with Gasteiger partial charge in [-0.1, -0.05) is 23.7 Å². The second kappa shape index (κ2) is 10.1. The smallest absolute Gasteiger partial charge is 0.255 e. The largest absolute Gasteiger partial charge is 0.484 e. The molecule has 0 spiro atoms. The number of rotatable bonds is 10. The predicted molar refractivity (Wildman–Crippen MR) is 109 cm³/mol. The summed E-state index contributed by atoms with van der Waals surface area (Å²) in [5.74, 6) is -1.55. The number of hydrogen-bond acceptors (Lipinski definition) is 6. The number of nitrogen functional groups attached to an aromatic ring is 1. The monoisotopic (exact) mass is 433 g/mol. The van der Waals surface area contributed by atoms with E-state index in [-0.39, 0.29) is 47.7 Å². The lowest BCUT2D eigenvalue weighted by Gasteiger charge is -2.13. The minimum Gasteiger partial charge on any atom is -0.484 e. The summed E-state index contributed by atoms with van der Waals surface area (Å²) in [7, 11) is 0. The van der Waals surface area contributed by atoms with Gasteiger partial charge in [0.15, 0.2) is 13.2 Å². The van der Waals surface area contributed by atoms with E-state index in [0.29, 0.717) is 11.1 Å². The molecule has 0 radical (unpaired) electrons. The number of benzene rings is 2. The van der Waals surface area contributed by atoms with Gasteiger partial charge >= 0.3 is 0 Å². The van der Waals surface area contributed by atoms with Gasteiger partial charge in [0.2, 0.25) is 0 Å². The fourth-order valence-corrected chi connectivity index (χ4v) is 2.59. The fourth-order valence-electron chi connectivity index (χ4n) is 2.36. The molecule has 0 unspecified atom stereocenters. The SMILES string of the molecule is N=C(N)c1ccc(CNC(=O)c2cc(Cl)cc(OCC(N)=O)c2)c(OCC(N)=O)c1. The van der Waals surface area contributed by atoms with E-state index < -0.39 is 17.7 Å². The molecule has 0 aliphatic carbocycles. The second-order valence-electron chi connectivity index (χ2n) is 6.10. The van der Waals surface area contributed by atoms with E-state index >= 15 is 0 Å². The molecule has 10 nitrogen and oxygen atoms in total. The molecule has 8 N–H and O–H groups in total. The lowest BCUT2D eigenvalue weighted by molar-refractivity contribution is -0.120. The van der Waals surface area contributed by atoms with Crippen LogP contribution in [0.2, 0.25) is 5.02 Å². The molecule has 0 fully saturated rings. The molecule has 2 aromatic carbocycles. The first-order chi connectivity index (χ1) is 14.2. The molecule has 158 valence electrons. The molecular weight excluding hydrogens is 414 g/mol. The molecule has 0 aliphatic heterocycles. The van der Waals surface area contributed by atoms with Gasteiger partial charge in [-0.25, -0.2) is 0 Å². The molecule has 0 saturated carbocycles. The van der Waals surface area contributed by atoms with Crippen molar-refractivity contribution in [2.75, 3.05) is 13.2 Å². The number of carbonyl (C=O) groups is 3. The maximum atomic E-state index is 12.5. The molecule has 30 heavy (non-hydrogen) atoms. The van der Waals surface area contributed by atoms with Crippen molar-refractivity contribution in [1.82, 2.24) is 5.32 Å². The molecule has 3 amide bonds. The van der Waals surface area contributed by atoms with Crippen LogP contribution in [0.5, 0.6) is 11.5 Å². The van der Waals surface area contributed by atoms with E-state index in [0.717, 1.165) is 0 Å². The molecule has 0 aromatic heterocycles. The highest BCUT2D eigenvalue weighted by molar-refractivity contribution is 6.31. The highest BCUT2D eigenvalue weighted by Gasteiger charge is 2.13. The second-order valence-corrected chi connectivity index (χ2v) is 6.54. The van der Waals surface area contributed by atoms with Crippen molar-refractivity contribution in [3.63, 3.8) is 0 Å². The standard InChI is InChI=1S/C19H20ClN5O5/c20-13-3-12(4-14(6-13)29-8-16(21)26)19(28)25-7-11-2-1-10(18(23)24)5-15(11)30-9-17(22)27/h1-6H,7-9H2,(H2,21,26)(H2,22,27)(H3,23,24)(H,25,28). The molecule has 0 saturated heterocycles. The van der Waals surface area contributed by atoms with Crippen LogP contribution in [0.4, 0.5) is 0 Å². The zero-order valence-electron chi connectivity index (χ0n) is 15.7. The van der Waals surface area contributed by atoms with Crippen LogP contribution in [0.15, 0.2) is 36.4 Å². The van der Waals surface area contributed by atoms with Gasteiger partial charge < -0.3 is 32.0 Å². The summed E-state index contributed by atoms with van der Waals surface area (Å²) in [6.45, 7) is -0.698. The first kappa shape index (κ1) is 22.5. The highest BCUT2D eigenvalue weighted by Crippen LogP contribution is 2.23. The van der Waals surface area contributed by atoms with Crippen molar-refractivity contribution < 1.29 is 23.9 Å².